The Morgan fingerprint density at radius 2 is 1.88 bits per heavy atom. The molecule has 2 rings (SSSR count). The minimum Gasteiger partial charge on any atom is -0.452 e. The summed E-state index contributed by atoms with van der Waals surface area (Å²) in [7, 11) is 0. The highest BCUT2D eigenvalue weighted by atomic mass is 16.5. The van der Waals surface area contributed by atoms with Gasteiger partial charge in [0.25, 0.3) is 5.91 Å². The second-order valence-corrected chi connectivity index (χ2v) is 8.86. The van der Waals surface area contributed by atoms with E-state index >= 15 is 0 Å². The topological polar surface area (TPSA) is 55.4 Å². The van der Waals surface area contributed by atoms with Crippen molar-refractivity contribution in [1.29, 1.82) is 0 Å². The average molecular weight is 450 g/mol. The molecule has 0 heterocycles. The van der Waals surface area contributed by atoms with Crippen molar-refractivity contribution in [3.05, 3.63) is 84.1 Å². The van der Waals surface area contributed by atoms with Gasteiger partial charge in [-0.1, -0.05) is 87.6 Å². The van der Waals surface area contributed by atoms with Crippen molar-refractivity contribution >= 4 is 11.9 Å². The van der Waals surface area contributed by atoms with Gasteiger partial charge in [0.05, 0.1) is 5.92 Å². The third-order valence-corrected chi connectivity index (χ3v) is 5.87. The predicted molar refractivity (Wildman–Crippen MR) is 135 cm³/mol. The van der Waals surface area contributed by atoms with Crippen LogP contribution in [0, 0.1) is 11.8 Å². The molecular formula is C29H39NO3. The molecule has 0 saturated carbocycles. The zero-order valence-corrected chi connectivity index (χ0v) is 20.5. The Labute approximate surface area is 199 Å². The highest BCUT2D eigenvalue weighted by Gasteiger charge is 2.30. The summed E-state index contributed by atoms with van der Waals surface area (Å²) in [5.74, 6) is -0.608. The van der Waals surface area contributed by atoms with Gasteiger partial charge in [0.1, 0.15) is 0 Å². The van der Waals surface area contributed by atoms with Crippen molar-refractivity contribution < 1.29 is 14.3 Å². The molecule has 4 heteroatoms. The molecule has 4 nitrogen and oxygen atoms in total. The molecule has 0 aliphatic heterocycles. The van der Waals surface area contributed by atoms with Gasteiger partial charge in [0.15, 0.2) is 6.10 Å². The Morgan fingerprint density at radius 3 is 2.61 bits per heavy atom. The van der Waals surface area contributed by atoms with Crippen molar-refractivity contribution in [2.75, 3.05) is 0 Å². The van der Waals surface area contributed by atoms with Gasteiger partial charge >= 0.3 is 5.97 Å². The second-order valence-electron chi connectivity index (χ2n) is 8.86. The van der Waals surface area contributed by atoms with E-state index < -0.39 is 12.0 Å². The lowest BCUT2D eigenvalue weighted by Gasteiger charge is -2.24. The Kier molecular flexibility index (Phi) is 11.4. The number of rotatable bonds is 10. The molecule has 178 valence electrons. The molecule has 4 unspecified atom stereocenters. The number of benzene rings is 1. The quantitative estimate of drug-likeness (QED) is 0.322. The van der Waals surface area contributed by atoms with Gasteiger partial charge in [-0.05, 0) is 62.5 Å². The van der Waals surface area contributed by atoms with Crippen LogP contribution in [0.2, 0.25) is 0 Å². The van der Waals surface area contributed by atoms with E-state index in [2.05, 4.69) is 37.4 Å². The second kappa shape index (κ2) is 14.3. The first-order valence-corrected chi connectivity index (χ1v) is 12.2. The summed E-state index contributed by atoms with van der Waals surface area (Å²) in [5, 5.41) is 2.91. The lowest BCUT2D eigenvalue weighted by atomic mass is 9.85. The SMILES string of the molecule is CC/C=C\C=C/CC(C)C(C(=O)OC(C)C(=O)NC1=CCCCC(C)C=C1)c1ccccc1. The molecule has 0 radical (unpaired) electrons. The highest BCUT2D eigenvalue weighted by Crippen LogP contribution is 2.29. The molecule has 0 aromatic heterocycles. The molecule has 1 aromatic rings. The van der Waals surface area contributed by atoms with E-state index in [1.807, 2.05) is 61.6 Å². The van der Waals surface area contributed by atoms with E-state index in [0.29, 0.717) is 5.92 Å². The molecule has 1 amide bonds. The van der Waals surface area contributed by atoms with Crippen molar-refractivity contribution in [1.82, 2.24) is 5.32 Å². The normalized spacial score (nSPS) is 19.4. The molecule has 0 bridgehead atoms. The molecule has 1 aliphatic carbocycles. The molecule has 0 fully saturated rings. The van der Waals surface area contributed by atoms with E-state index in [1.165, 1.54) is 0 Å². The van der Waals surface area contributed by atoms with E-state index in [1.54, 1.807) is 6.92 Å². The monoisotopic (exact) mass is 449 g/mol. The van der Waals surface area contributed by atoms with Gasteiger partial charge < -0.3 is 10.1 Å². The summed E-state index contributed by atoms with van der Waals surface area (Å²) in [6, 6.07) is 9.66. The average Bonchev–Trinajstić information content (AvgIpc) is 2.79. The summed E-state index contributed by atoms with van der Waals surface area (Å²) in [4.78, 5) is 25.9. The zero-order valence-electron chi connectivity index (χ0n) is 20.5. The molecule has 0 spiro atoms. The number of hydrogen-bond acceptors (Lipinski definition) is 3. The maximum Gasteiger partial charge on any atom is 0.314 e. The fourth-order valence-corrected chi connectivity index (χ4v) is 3.85. The highest BCUT2D eigenvalue weighted by molar-refractivity contribution is 5.86. The Hall–Kier alpha value is -2.88. The number of carbonyl (C=O) groups is 2. The zero-order chi connectivity index (χ0) is 24.1. The van der Waals surface area contributed by atoms with Crippen LogP contribution in [0.5, 0.6) is 0 Å². The van der Waals surface area contributed by atoms with Crippen LogP contribution in [-0.4, -0.2) is 18.0 Å². The first-order valence-electron chi connectivity index (χ1n) is 12.2. The third-order valence-electron chi connectivity index (χ3n) is 5.87. The van der Waals surface area contributed by atoms with Gasteiger partial charge in [-0.25, -0.2) is 0 Å². The first-order chi connectivity index (χ1) is 15.9. The first kappa shape index (κ1) is 26.4. The Morgan fingerprint density at radius 1 is 1.15 bits per heavy atom. The summed E-state index contributed by atoms with van der Waals surface area (Å²) >= 11 is 0. The minimum atomic E-state index is -0.879. The maximum atomic E-state index is 13.2. The van der Waals surface area contributed by atoms with Crippen molar-refractivity contribution in [2.45, 2.75) is 71.8 Å². The van der Waals surface area contributed by atoms with Gasteiger partial charge in [-0.3, -0.25) is 9.59 Å². The van der Waals surface area contributed by atoms with Gasteiger partial charge in [0.2, 0.25) is 0 Å². The lowest BCUT2D eigenvalue weighted by molar-refractivity contribution is -0.157. The molecule has 1 aromatic carbocycles. The summed E-state index contributed by atoms with van der Waals surface area (Å²) in [5.41, 5.74) is 1.67. The number of amides is 1. The van der Waals surface area contributed by atoms with Gasteiger partial charge in [-0.2, -0.15) is 0 Å². The van der Waals surface area contributed by atoms with Crippen molar-refractivity contribution in [2.24, 2.45) is 11.8 Å². The third kappa shape index (κ3) is 9.25. The van der Waals surface area contributed by atoms with Crippen LogP contribution in [0.15, 0.2) is 78.6 Å². The van der Waals surface area contributed by atoms with Crippen LogP contribution in [0.1, 0.15) is 71.3 Å². The van der Waals surface area contributed by atoms with E-state index in [0.717, 1.165) is 43.4 Å². The number of ether oxygens (including phenoxy) is 1. The van der Waals surface area contributed by atoms with Crippen molar-refractivity contribution in [3.63, 3.8) is 0 Å². The fourth-order valence-electron chi connectivity index (χ4n) is 3.85. The number of carbonyl (C=O) groups excluding carboxylic acids is 2. The smallest absolute Gasteiger partial charge is 0.314 e. The van der Waals surface area contributed by atoms with Crippen LogP contribution in [0.3, 0.4) is 0 Å². The Balaban J connectivity index is 2.06. The minimum absolute atomic E-state index is 0.0270. The summed E-state index contributed by atoms with van der Waals surface area (Å²) < 4.78 is 5.67. The number of hydrogen-bond donors (Lipinski definition) is 1. The van der Waals surface area contributed by atoms with Crippen LogP contribution in [0.25, 0.3) is 0 Å². The molecule has 0 saturated heterocycles. The van der Waals surface area contributed by atoms with E-state index in [4.69, 9.17) is 4.74 Å². The largest absolute Gasteiger partial charge is 0.452 e. The summed E-state index contributed by atoms with van der Waals surface area (Å²) in [6.45, 7) is 7.94. The van der Waals surface area contributed by atoms with Crippen molar-refractivity contribution in [3.8, 4) is 0 Å². The van der Waals surface area contributed by atoms with E-state index in [9.17, 15) is 9.59 Å². The number of nitrogens with one attached hydrogen (secondary N) is 1. The maximum absolute atomic E-state index is 13.2. The van der Waals surface area contributed by atoms with Crippen LogP contribution < -0.4 is 5.32 Å². The standard InChI is InChI=1S/C29H39NO3/c1-5-6-7-8-10-16-23(3)27(25-17-11-9-12-18-25)29(32)33-24(4)28(31)30-26-19-14-13-15-22(2)20-21-26/h6-12,17-24,27H,5,13-16H2,1-4H3,(H,30,31)/b7-6-,10-8-,21-20?,26-19?. The number of esters is 1. The molecule has 33 heavy (non-hydrogen) atoms. The molecule has 4 atom stereocenters. The fraction of sp³-hybridized carbons (Fsp3) is 0.448. The van der Waals surface area contributed by atoms with Crippen LogP contribution in [0.4, 0.5) is 0 Å². The molecule has 1 N–H and O–H groups in total. The Bertz CT molecular complexity index is 866. The molecular weight excluding hydrogens is 410 g/mol. The van der Waals surface area contributed by atoms with Crippen LogP contribution >= 0.6 is 0 Å². The predicted octanol–water partition coefficient (Wildman–Crippen LogP) is 6.63. The number of allylic oxidation sites excluding steroid dienone is 7. The van der Waals surface area contributed by atoms with Gasteiger partial charge in [-0.15, -0.1) is 0 Å². The van der Waals surface area contributed by atoms with Crippen LogP contribution in [-0.2, 0) is 14.3 Å². The van der Waals surface area contributed by atoms with Gasteiger partial charge in [0, 0.05) is 5.70 Å². The lowest BCUT2D eigenvalue weighted by Crippen LogP contribution is -2.37. The molecule has 1 aliphatic rings. The summed E-state index contributed by atoms with van der Waals surface area (Å²) in [6.07, 6.45) is 18.3. The van der Waals surface area contributed by atoms with E-state index in [-0.39, 0.29) is 17.8 Å².